The van der Waals surface area contributed by atoms with Gasteiger partial charge in [0.1, 0.15) is 0 Å². The summed E-state index contributed by atoms with van der Waals surface area (Å²) in [6.45, 7) is 1.98. The zero-order chi connectivity index (χ0) is 12.5. The highest BCUT2D eigenvalue weighted by Crippen LogP contribution is 2.40. The highest BCUT2D eigenvalue weighted by Gasteiger charge is 2.37. The molecule has 0 amide bonds. The fraction of sp³-hybridized carbons (Fsp3) is 0.615. The Kier molecular flexibility index (Phi) is 3.43. The van der Waals surface area contributed by atoms with Crippen LogP contribution >= 0.6 is 0 Å². The molecule has 94 valence electrons. The van der Waals surface area contributed by atoms with Crippen molar-refractivity contribution in [3.05, 3.63) is 29.6 Å². The molecule has 1 atom stereocenters. The number of nitrogens with two attached hydrogens (primary N) is 1. The normalized spacial score (nSPS) is 22.4. The number of rotatable bonds is 2. The molecule has 1 heterocycles. The molecule has 0 saturated heterocycles. The Balaban J connectivity index is 2.07. The maximum atomic E-state index is 13.1. The van der Waals surface area contributed by atoms with Crippen LogP contribution in [0.1, 0.15) is 42.9 Å². The van der Waals surface area contributed by atoms with Crippen LogP contribution in [0.25, 0.3) is 0 Å². The SMILES string of the molecule is Cc1ccncc1C(N)C1CCC(F)(F)CC1. The summed E-state index contributed by atoms with van der Waals surface area (Å²) < 4.78 is 26.1. The molecule has 0 aliphatic heterocycles. The van der Waals surface area contributed by atoms with Gasteiger partial charge in [0.15, 0.2) is 0 Å². The maximum absolute atomic E-state index is 13.1. The molecule has 2 nitrogen and oxygen atoms in total. The van der Waals surface area contributed by atoms with Gasteiger partial charge in [0.05, 0.1) is 0 Å². The number of halogens is 2. The van der Waals surface area contributed by atoms with E-state index in [2.05, 4.69) is 4.98 Å². The fourth-order valence-electron chi connectivity index (χ4n) is 2.50. The Hall–Kier alpha value is -1.03. The molecule has 1 aliphatic rings. The van der Waals surface area contributed by atoms with Gasteiger partial charge < -0.3 is 5.73 Å². The van der Waals surface area contributed by atoms with Crippen molar-refractivity contribution in [1.82, 2.24) is 4.98 Å². The molecule has 1 saturated carbocycles. The minimum absolute atomic E-state index is 0.0370. The minimum atomic E-state index is -2.49. The lowest BCUT2D eigenvalue weighted by atomic mass is 9.79. The first-order valence-electron chi connectivity index (χ1n) is 6.03. The van der Waals surface area contributed by atoms with E-state index in [4.69, 9.17) is 5.73 Å². The van der Waals surface area contributed by atoms with Crippen LogP contribution < -0.4 is 5.73 Å². The molecule has 1 aliphatic carbocycles. The molecular formula is C13H18F2N2. The Bertz CT molecular complexity index is 383. The first kappa shape index (κ1) is 12.4. The predicted molar refractivity (Wildman–Crippen MR) is 62.8 cm³/mol. The predicted octanol–water partition coefficient (Wildman–Crippen LogP) is 3.22. The van der Waals surface area contributed by atoms with E-state index in [1.165, 1.54) is 0 Å². The first-order valence-corrected chi connectivity index (χ1v) is 6.03. The average Bonchev–Trinajstić information content (AvgIpc) is 2.29. The van der Waals surface area contributed by atoms with Crippen molar-refractivity contribution in [3.8, 4) is 0 Å². The van der Waals surface area contributed by atoms with Crippen molar-refractivity contribution in [2.45, 2.75) is 44.6 Å². The van der Waals surface area contributed by atoms with Crippen LogP contribution in [-0.4, -0.2) is 10.9 Å². The van der Waals surface area contributed by atoms with Gasteiger partial charge in [-0.15, -0.1) is 0 Å². The number of alkyl halides is 2. The molecule has 0 aromatic carbocycles. The molecule has 1 fully saturated rings. The first-order chi connectivity index (χ1) is 7.99. The summed E-state index contributed by atoms with van der Waals surface area (Å²) >= 11 is 0. The Morgan fingerprint density at radius 2 is 2.06 bits per heavy atom. The largest absolute Gasteiger partial charge is 0.324 e. The van der Waals surface area contributed by atoms with E-state index in [-0.39, 0.29) is 24.8 Å². The van der Waals surface area contributed by atoms with Crippen molar-refractivity contribution < 1.29 is 8.78 Å². The van der Waals surface area contributed by atoms with Gasteiger partial charge in [-0.25, -0.2) is 8.78 Å². The third-order valence-corrected chi connectivity index (χ3v) is 3.71. The van der Waals surface area contributed by atoms with Gasteiger partial charge in [-0.1, -0.05) is 0 Å². The van der Waals surface area contributed by atoms with Crippen LogP contribution in [0, 0.1) is 12.8 Å². The summed E-state index contributed by atoms with van der Waals surface area (Å²) in [5, 5.41) is 0. The molecule has 1 unspecified atom stereocenters. The standard InChI is InChI=1S/C13H18F2N2/c1-9-4-7-17-8-11(9)12(16)10-2-5-13(14,15)6-3-10/h4,7-8,10,12H,2-3,5-6,16H2,1H3. The monoisotopic (exact) mass is 240 g/mol. The molecule has 4 heteroatoms. The Morgan fingerprint density at radius 1 is 1.41 bits per heavy atom. The third-order valence-electron chi connectivity index (χ3n) is 3.71. The lowest BCUT2D eigenvalue weighted by Crippen LogP contribution is -2.31. The number of aromatic nitrogens is 1. The van der Waals surface area contributed by atoms with Crippen LogP contribution in [0.4, 0.5) is 8.78 Å². The van der Waals surface area contributed by atoms with Crippen molar-refractivity contribution >= 4 is 0 Å². The molecule has 1 aromatic rings. The van der Waals surface area contributed by atoms with Gasteiger partial charge in [-0.2, -0.15) is 0 Å². The van der Waals surface area contributed by atoms with Crippen molar-refractivity contribution in [2.24, 2.45) is 11.7 Å². The van der Waals surface area contributed by atoms with Crippen LogP contribution in [0.2, 0.25) is 0 Å². The van der Waals surface area contributed by atoms with E-state index in [9.17, 15) is 8.78 Å². The topological polar surface area (TPSA) is 38.9 Å². The van der Waals surface area contributed by atoms with Crippen molar-refractivity contribution in [2.75, 3.05) is 0 Å². The summed E-state index contributed by atoms with van der Waals surface area (Å²) in [7, 11) is 0. The molecule has 2 rings (SSSR count). The highest BCUT2D eigenvalue weighted by atomic mass is 19.3. The molecule has 0 radical (unpaired) electrons. The fourth-order valence-corrected chi connectivity index (χ4v) is 2.50. The van der Waals surface area contributed by atoms with Gasteiger partial charge in [0.2, 0.25) is 5.92 Å². The second-order valence-electron chi connectivity index (χ2n) is 4.95. The van der Waals surface area contributed by atoms with Gasteiger partial charge >= 0.3 is 0 Å². The van der Waals surface area contributed by atoms with Gasteiger partial charge in [-0.3, -0.25) is 4.98 Å². The maximum Gasteiger partial charge on any atom is 0.248 e. The zero-order valence-electron chi connectivity index (χ0n) is 10.00. The van der Waals surface area contributed by atoms with E-state index in [1.807, 2.05) is 13.0 Å². The summed E-state index contributed by atoms with van der Waals surface area (Å²) in [5.74, 6) is -2.34. The van der Waals surface area contributed by atoms with Crippen LogP contribution in [0.3, 0.4) is 0 Å². The molecular weight excluding hydrogens is 222 g/mol. The van der Waals surface area contributed by atoms with Crippen LogP contribution in [0.15, 0.2) is 18.5 Å². The molecule has 2 N–H and O–H groups in total. The smallest absolute Gasteiger partial charge is 0.248 e. The summed E-state index contributed by atoms with van der Waals surface area (Å²) in [6, 6.07) is 1.74. The van der Waals surface area contributed by atoms with E-state index in [0.29, 0.717) is 12.8 Å². The summed E-state index contributed by atoms with van der Waals surface area (Å²) in [4.78, 5) is 4.06. The number of hydrogen-bond acceptors (Lipinski definition) is 2. The van der Waals surface area contributed by atoms with E-state index in [0.717, 1.165) is 11.1 Å². The van der Waals surface area contributed by atoms with Gasteiger partial charge in [0.25, 0.3) is 0 Å². The molecule has 0 spiro atoms. The third kappa shape index (κ3) is 2.80. The Labute approximate surface area is 100 Å². The lowest BCUT2D eigenvalue weighted by molar-refractivity contribution is -0.0483. The molecule has 1 aromatic heterocycles. The molecule has 17 heavy (non-hydrogen) atoms. The number of hydrogen-bond donors (Lipinski definition) is 1. The number of pyridine rings is 1. The second-order valence-corrected chi connectivity index (χ2v) is 4.95. The highest BCUT2D eigenvalue weighted by molar-refractivity contribution is 5.25. The second kappa shape index (κ2) is 4.69. The van der Waals surface area contributed by atoms with Crippen LogP contribution in [0.5, 0.6) is 0 Å². The number of nitrogens with zero attached hydrogens (tertiary/aromatic N) is 1. The van der Waals surface area contributed by atoms with Gasteiger partial charge in [-0.05, 0) is 42.9 Å². The molecule has 0 bridgehead atoms. The summed E-state index contributed by atoms with van der Waals surface area (Å²) in [5.41, 5.74) is 8.25. The van der Waals surface area contributed by atoms with Crippen molar-refractivity contribution in [3.63, 3.8) is 0 Å². The average molecular weight is 240 g/mol. The van der Waals surface area contributed by atoms with Crippen LogP contribution in [-0.2, 0) is 0 Å². The lowest BCUT2D eigenvalue weighted by Gasteiger charge is -2.32. The number of aryl methyl sites for hydroxylation is 1. The van der Waals surface area contributed by atoms with E-state index >= 15 is 0 Å². The quantitative estimate of drug-likeness (QED) is 0.862. The summed E-state index contributed by atoms with van der Waals surface area (Å²) in [6.07, 6.45) is 4.41. The van der Waals surface area contributed by atoms with E-state index in [1.54, 1.807) is 12.4 Å². The van der Waals surface area contributed by atoms with Gasteiger partial charge in [0, 0.05) is 31.3 Å². The minimum Gasteiger partial charge on any atom is -0.324 e. The van der Waals surface area contributed by atoms with E-state index < -0.39 is 5.92 Å². The Morgan fingerprint density at radius 3 is 2.65 bits per heavy atom. The van der Waals surface area contributed by atoms with Crippen molar-refractivity contribution in [1.29, 1.82) is 0 Å². The zero-order valence-corrected chi connectivity index (χ0v) is 10.00.